The van der Waals surface area contributed by atoms with Gasteiger partial charge >= 0.3 is 0 Å². The summed E-state index contributed by atoms with van der Waals surface area (Å²) in [6, 6.07) is 12.9. The number of ether oxygens (including phenoxy) is 2. The number of benzene rings is 2. The summed E-state index contributed by atoms with van der Waals surface area (Å²) >= 11 is 0. The average molecular weight is 424 g/mol. The SMILES string of the molecule is COCCN1CCC[C@@H](CNC(=O)c2ccc3nc(-c4cccc(OC)c4)oc3c2)C1. The molecule has 4 rings (SSSR count). The minimum Gasteiger partial charge on any atom is -0.497 e. The van der Waals surface area contributed by atoms with Crippen LogP contribution >= 0.6 is 0 Å². The Morgan fingerprint density at radius 3 is 3.00 bits per heavy atom. The number of hydrogen-bond acceptors (Lipinski definition) is 6. The molecule has 1 saturated heterocycles. The van der Waals surface area contributed by atoms with Crippen LogP contribution in [0.1, 0.15) is 23.2 Å². The first-order valence-corrected chi connectivity index (χ1v) is 10.7. The highest BCUT2D eigenvalue weighted by atomic mass is 16.5. The standard InChI is InChI=1S/C24H29N3O4/c1-29-12-11-27-10-4-5-17(16-27)15-25-23(28)18-8-9-21-22(14-18)31-24(26-21)19-6-3-7-20(13-19)30-2/h3,6-9,13-14,17H,4-5,10-12,15-16H2,1-2H3,(H,25,28)/t17-/m0/s1. The van der Waals surface area contributed by atoms with Gasteiger partial charge in [0.25, 0.3) is 5.91 Å². The molecule has 3 aromatic rings. The summed E-state index contributed by atoms with van der Waals surface area (Å²) in [6.07, 6.45) is 2.29. The van der Waals surface area contributed by atoms with E-state index in [4.69, 9.17) is 13.9 Å². The van der Waals surface area contributed by atoms with Crippen molar-refractivity contribution in [1.82, 2.24) is 15.2 Å². The van der Waals surface area contributed by atoms with E-state index < -0.39 is 0 Å². The van der Waals surface area contributed by atoms with E-state index in [1.807, 2.05) is 30.3 Å². The Bertz CT molecular complexity index is 1030. The lowest BCUT2D eigenvalue weighted by molar-refractivity contribution is 0.0913. The first-order chi connectivity index (χ1) is 15.2. The maximum Gasteiger partial charge on any atom is 0.251 e. The second kappa shape index (κ2) is 9.94. The molecule has 1 atom stereocenters. The smallest absolute Gasteiger partial charge is 0.251 e. The van der Waals surface area contributed by atoms with E-state index in [9.17, 15) is 4.79 Å². The zero-order chi connectivity index (χ0) is 21.6. The molecule has 1 amide bonds. The van der Waals surface area contributed by atoms with Gasteiger partial charge in [-0.15, -0.1) is 0 Å². The van der Waals surface area contributed by atoms with Crippen LogP contribution < -0.4 is 10.1 Å². The first-order valence-electron chi connectivity index (χ1n) is 10.7. The molecule has 0 aliphatic carbocycles. The highest BCUT2D eigenvalue weighted by molar-refractivity contribution is 5.97. The molecule has 7 heteroatoms. The Morgan fingerprint density at radius 2 is 2.16 bits per heavy atom. The molecule has 0 bridgehead atoms. The molecule has 1 aliphatic rings. The lowest BCUT2D eigenvalue weighted by Crippen LogP contribution is -2.42. The number of carbonyl (C=O) groups is 1. The zero-order valence-corrected chi connectivity index (χ0v) is 18.1. The molecule has 0 spiro atoms. The number of rotatable bonds is 8. The number of nitrogens with one attached hydrogen (secondary N) is 1. The summed E-state index contributed by atoms with van der Waals surface area (Å²) in [7, 11) is 3.35. The van der Waals surface area contributed by atoms with Gasteiger partial charge in [0.2, 0.25) is 5.89 Å². The average Bonchev–Trinajstić information content (AvgIpc) is 3.25. The normalized spacial score (nSPS) is 17.0. The monoisotopic (exact) mass is 423 g/mol. The number of carbonyl (C=O) groups excluding carboxylic acids is 1. The molecule has 2 aromatic carbocycles. The number of likely N-dealkylation sites (tertiary alicyclic amines) is 1. The number of hydrogen-bond donors (Lipinski definition) is 1. The molecule has 0 saturated carbocycles. The Hall–Kier alpha value is -2.90. The fourth-order valence-corrected chi connectivity index (χ4v) is 4.03. The Kier molecular flexibility index (Phi) is 6.84. The fourth-order valence-electron chi connectivity index (χ4n) is 4.03. The number of amides is 1. The maximum absolute atomic E-state index is 12.7. The van der Waals surface area contributed by atoms with Crippen LogP contribution in [0.4, 0.5) is 0 Å². The van der Waals surface area contributed by atoms with E-state index in [-0.39, 0.29) is 5.91 Å². The predicted octanol–water partition coefficient (Wildman–Crippen LogP) is 3.59. The molecular formula is C24H29N3O4. The van der Waals surface area contributed by atoms with E-state index >= 15 is 0 Å². The molecule has 1 aromatic heterocycles. The lowest BCUT2D eigenvalue weighted by Gasteiger charge is -2.32. The summed E-state index contributed by atoms with van der Waals surface area (Å²) in [5.41, 5.74) is 2.72. The number of oxazole rings is 1. The highest BCUT2D eigenvalue weighted by Crippen LogP contribution is 2.27. The van der Waals surface area contributed by atoms with Gasteiger partial charge in [0.1, 0.15) is 11.3 Å². The first kappa shape index (κ1) is 21.3. The third kappa shape index (κ3) is 5.24. The molecule has 2 heterocycles. The van der Waals surface area contributed by atoms with Crippen molar-refractivity contribution in [3.05, 3.63) is 48.0 Å². The van der Waals surface area contributed by atoms with E-state index in [1.165, 1.54) is 0 Å². The van der Waals surface area contributed by atoms with Gasteiger partial charge in [0, 0.05) is 37.9 Å². The Labute approximate surface area is 182 Å². The fraction of sp³-hybridized carbons (Fsp3) is 0.417. The third-order valence-corrected chi connectivity index (χ3v) is 5.73. The summed E-state index contributed by atoms with van der Waals surface area (Å²) in [5.74, 6) is 1.62. The molecule has 0 unspecified atom stereocenters. The van der Waals surface area contributed by atoms with Crippen molar-refractivity contribution in [3.8, 4) is 17.2 Å². The van der Waals surface area contributed by atoms with Gasteiger partial charge in [0.05, 0.1) is 13.7 Å². The summed E-state index contributed by atoms with van der Waals surface area (Å²) in [6.45, 7) is 4.46. The minimum absolute atomic E-state index is 0.0877. The van der Waals surface area contributed by atoms with Crippen LogP contribution in [0.2, 0.25) is 0 Å². The van der Waals surface area contributed by atoms with Crippen LogP contribution in [-0.2, 0) is 4.74 Å². The lowest BCUT2D eigenvalue weighted by atomic mass is 9.98. The van der Waals surface area contributed by atoms with Gasteiger partial charge in [0.15, 0.2) is 5.58 Å². The summed E-state index contributed by atoms with van der Waals surface area (Å²) in [5, 5.41) is 3.09. The topological polar surface area (TPSA) is 76.8 Å². The molecule has 0 radical (unpaired) electrons. The number of fused-ring (bicyclic) bond motifs is 1. The Balaban J connectivity index is 1.40. The van der Waals surface area contributed by atoms with Gasteiger partial charge in [-0.2, -0.15) is 0 Å². The molecule has 1 N–H and O–H groups in total. The number of aromatic nitrogens is 1. The molecule has 1 fully saturated rings. The molecule has 31 heavy (non-hydrogen) atoms. The number of piperidine rings is 1. The van der Waals surface area contributed by atoms with Crippen LogP contribution in [0.3, 0.4) is 0 Å². The van der Waals surface area contributed by atoms with Gasteiger partial charge in [-0.25, -0.2) is 4.98 Å². The second-order valence-corrected chi connectivity index (χ2v) is 7.95. The van der Waals surface area contributed by atoms with Crippen molar-refractivity contribution >= 4 is 17.0 Å². The quantitative estimate of drug-likeness (QED) is 0.597. The van der Waals surface area contributed by atoms with Gasteiger partial charge in [-0.3, -0.25) is 4.79 Å². The van der Waals surface area contributed by atoms with E-state index in [0.29, 0.717) is 29.5 Å². The van der Waals surface area contributed by atoms with Gasteiger partial charge in [-0.1, -0.05) is 6.07 Å². The van der Waals surface area contributed by atoms with Crippen LogP contribution in [0.15, 0.2) is 46.9 Å². The zero-order valence-electron chi connectivity index (χ0n) is 18.1. The predicted molar refractivity (Wildman–Crippen MR) is 119 cm³/mol. The van der Waals surface area contributed by atoms with Crippen LogP contribution in [0.5, 0.6) is 5.75 Å². The van der Waals surface area contributed by atoms with Crippen molar-refractivity contribution in [2.24, 2.45) is 5.92 Å². The van der Waals surface area contributed by atoms with Crippen molar-refractivity contribution < 1.29 is 18.7 Å². The second-order valence-electron chi connectivity index (χ2n) is 7.95. The number of nitrogens with zero attached hydrogens (tertiary/aromatic N) is 2. The molecule has 7 nitrogen and oxygen atoms in total. The summed E-state index contributed by atoms with van der Waals surface area (Å²) in [4.78, 5) is 19.7. The van der Waals surface area contributed by atoms with Crippen molar-refractivity contribution in [1.29, 1.82) is 0 Å². The van der Waals surface area contributed by atoms with Gasteiger partial charge in [-0.05, 0) is 61.7 Å². The Morgan fingerprint density at radius 1 is 1.26 bits per heavy atom. The van der Waals surface area contributed by atoms with E-state index in [1.54, 1.807) is 26.4 Å². The van der Waals surface area contributed by atoms with Crippen molar-refractivity contribution in [2.45, 2.75) is 12.8 Å². The summed E-state index contributed by atoms with van der Waals surface area (Å²) < 4.78 is 16.4. The van der Waals surface area contributed by atoms with Crippen LogP contribution in [0, 0.1) is 5.92 Å². The molecular weight excluding hydrogens is 394 g/mol. The number of methoxy groups -OCH3 is 2. The van der Waals surface area contributed by atoms with E-state index in [0.717, 1.165) is 55.9 Å². The van der Waals surface area contributed by atoms with Crippen molar-refractivity contribution in [3.63, 3.8) is 0 Å². The molecule has 164 valence electrons. The highest BCUT2D eigenvalue weighted by Gasteiger charge is 2.20. The van der Waals surface area contributed by atoms with Crippen LogP contribution in [0.25, 0.3) is 22.6 Å². The van der Waals surface area contributed by atoms with Gasteiger partial charge < -0.3 is 24.1 Å². The third-order valence-electron chi connectivity index (χ3n) is 5.73. The van der Waals surface area contributed by atoms with Crippen LogP contribution in [-0.4, -0.2) is 62.8 Å². The molecule has 1 aliphatic heterocycles. The minimum atomic E-state index is -0.0877. The largest absolute Gasteiger partial charge is 0.497 e. The van der Waals surface area contributed by atoms with Crippen molar-refractivity contribution in [2.75, 3.05) is 47.0 Å². The van der Waals surface area contributed by atoms with E-state index in [2.05, 4.69) is 15.2 Å². The maximum atomic E-state index is 12.7.